The number of hydrogen-bond acceptors (Lipinski definition) is 1. The fourth-order valence-electron chi connectivity index (χ4n) is 0.885. The first-order valence-corrected chi connectivity index (χ1v) is 3.92. The van der Waals surface area contributed by atoms with Crippen molar-refractivity contribution < 1.29 is 0 Å². The van der Waals surface area contributed by atoms with Crippen LogP contribution >= 0.6 is 0 Å². The van der Waals surface area contributed by atoms with Gasteiger partial charge in [-0.25, -0.2) is 0 Å². The van der Waals surface area contributed by atoms with Crippen molar-refractivity contribution >= 4 is 0 Å². The molecule has 0 spiro atoms. The van der Waals surface area contributed by atoms with Crippen LogP contribution in [0.25, 0.3) is 0 Å². The molecule has 9 heavy (non-hydrogen) atoms. The summed E-state index contributed by atoms with van der Waals surface area (Å²) in [5, 5.41) is 0. The Kier molecular flexibility index (Phi) is 4.78. The van der Waals surface area contributed by atoms with E-state index in [9.17, 15) is 0 Å². The maximum absolute atomic E-state index is 2.40. The molecule has 0 aromatic heterocycles. The molecule has 0 rings (SSSR count). The van der Waals surface area contributed by atoms with E-state index in [1.165, 1.54) is 19.4 Å². The van der Waals surface area contributed by atoms with Crippen LogP contribution in [0.2, 0.25) is 0 Å². The summed E-state index contributed by atoms with van der Waals surface area (Å²) < 4.78 is 0. The molecule has 0 N–H and O–H groups in total. The van der Waals surface area contributed by atoms with Gasteiger partial charge in [-0.1, -0.05) is 13.8 Å². The molecule has 0 aliphatic heterocycles. The Bertz CT molecular complexity index is 61.6. The van der Waals surface area contributed by atoms with E-state index in [1.54, 1.807) is 0 Å². The van der Waals surface area contributed by atoms with Gasteiger partial charge in [-0.2, -0.15) is 0 Å². The van der Waals surface area contributed by atoms with Crippen LogP contribution in [0.1, 0.15) is 33.6 Å². The van der Waals surface area contributed by atoms with E-state index >= 15 is 0 Å². The van der Waals surface area contributed by atoms with Crippen molar-refractivity contribution in [3.05, 3.63) is 0 Å². The van der Waals surface area contributed by atoms with Crippen LogP contribution in [-0.2, 0) is 0 Å². The zero-order valence-electron chi connectivity index (χ0n) is 7.15. The summed E-state index contributed by atoms with van der Waals surface area (Å²) in [5.41, 5.74) is 0. The highest BCUT2D eigenvalue weighted by Gasteiger charge is 2.02. The molecule has 0 radical (unpaired) electrons. The third kappa shape index (κ3) is 3.52. The van der Waals surface area contributed by atoms with Crippen LogP contribution in [0, 0.1) is 0 Å². The normalized spacial score (nSPS) is 14.3. The molecule has 0 aromatic carbocycles. The fourth-order valence-corrected chi connectivity index (χ4v) is 0.885. The van der Waals surface area contributed by atoms with E-state index in [-0.39, 0.29) is 0 Å². The van der Waals surface area contributed by atoms with E-state index in [0.29, 0.717) is 0 Å². The molecule has 1 nitrogen and oxygen atoms in total. The van der Waals surface area contributed by atoms with E-state index in [4.69, 9.17) is 0 Å². The van der Waals surface area contributed by atoms with Gasteiger partial charge >= 0.3 is 0 Å². The van der Waals surface area contributed by atoms with Crippen LogP contribution in [-0.4, -0.2) is 24.5 Å². The molecule has 0 heterocycles. The first-order chi connectivity index (χ1) is 4.22. The molecule has 0 saturated carbocycles. The largest absolute Gasteiger partial charge is 0.304 e. The maximum atomic E-state index is 2.40. The predicted molar refractivity (Wildman–Crippen MR) is 42.7 cm³/mol. The van der Waals surface area contributed by atoms with Gasteiger partial charge in [0.1, 0.15) is 0 Å². The summed E-state index contributed by atoms with van der Waals surface area (Å²) in [5.74, 6) is 0. The average Bonchev–Trinajstić information content (AvgIpc) is 1.87. The molecule has 1 heteroatoms. The second-order valence-electron chi connectivity index (χ2n) is 2.74. The Balaban J connectivity index is 3.32. The maximum Gasteiger partial charge on any atom is 0.00612 e. The molecule has 0 bridgehead atoms. The second kappa shape index (κ2) is 4.80. The summed E-state index contributed by atoms with van der Waals surface area (Å²) in [6.07, 6.45) is 2.53. The zero-order chi connectivity index (χ0) is 7.28. The van der Waals surface area contributed by atoms with Crippen LogP contribution < -0.4 is 0 Å². The lowest BCUT2D eigenvalue weighted by molar-refractivity contribution is 0.252. The highest BCUT2D eigenvalue weighted by molar-refractivity contribution is 4.58. The molecule has 56 valence electrons. The van der Waals surface area contributed by atoms with Crippen LogP contribution in [0.4, 0.5) is 0 Å². The van der Waals surface area contributed by atoms with Gasteiger partial charge in [-0.15, -0.1) is 0 Å². The van der Waals surface area contributed by atoms with Gasteiger partial charge in [0.15, 0.2) is 0 Å². The van der Waals surface area contributed by atoms with E-state index in [2.05, 4.69) is 32.7 Å². The summed E-state index contributed by atoms with van der Waals surface area (Å²) in [4.78, 5) is 2.40. The lowest BCUT2D eigenvalue weighted by Gasteiger charge is -2.22. The van der Waals surface area contributed by atoms with Crippen LogP contribution in [0.3, 0.4) is 0 Å². The Morgan fingerprint density at radius 1 is 1.33 bits per heavy atom. The Labute approximate surface area is 59.1 Å². The number of rotatable bonds is 4. The highest BCUT2D eigenvalue weighted by Crippen LogP contribution is 1.99. The van der Waals surface area contributed by atoms with Gasteiger partial charge in [-0.05, 0) is 33.4 Å². The molecular formula is C8H19N. The van der Waals surface area contributed by atoms with Crippen molar-refractivity contribution in [2.45, 2.75) is 39.7 Å². The molecule has 0 saturated heterocycles. The quantitative estimate of drug-likeness (QED) is 0.562. The smallest absolute Gasteiger partial charge is 0.00612 e. The van der Waals surface area contributed by atoms with E-state index < -0.39 is 0 Å². The van der Waals surface area contributed by atoms with Crippen molar-refractivity contribution in [1.82, 2.24) is 4.90 Å². The summed E-state index contributed by atoms with van der Waals surface area (Å²) >= 11 is 0. The van der Waals surface area contributed by atoms with Gasteiger partial charge in [0, 0.05) is 6.04 Å². The average molecular weight is 129 g/mol. The Hall–Kier alpha value is -0.0400. The van der Waals surface area contributed by atoms with Crippen molar-refractivity contribution in [2.75, 3.05) is 13.6 Å². The SMILES string of the molecule is CCCN(C)C(C)CC. The lowest BCUT2D eigenvalue weighted by Crippen LogP contribution is -2.28. The summed E-state index contributed by atoms with van der Waals surface area (Å²) in [6, 6.07) is 0.755. The number of nitrogens with zero attached hydrogens (tertiary/aromatic N) is 1. The Morgan fingerprint density at radius 3 is 2.22 bits per heavy atom. The first-order valence-electron chi connectivity index (χ1n) is 3.92. The monoisotopic (exact) mass is 129 g/mol. The van der Waals surface area contributed by atoms with Crippen molar-refractivity contribution in [3.63, 3.8) is 0 Å². The van der Waals surface area contributed by atoms with Gasteiger partial charge in [0.2, 0.25) is 0 Å². The van der Waals surface area contributed by atoms with E-state index in [1.807, 2.05) is 0 Å². The summed E-state index contributed by atoms with van der Waals surface area (Å²) in [7, 11) is 2.19. The minimum atomic E-state index is 0.755. The van der Waals surface area contributed by atoms with Crippen molar-refractivity contribution in [2.24, 2.45) is 0 Å². The first kappa shape index (κ1) is 8.96. The lowest BCUT2D eigenvalue weighted by atomic mass is 10.2. The highest BCUT2D eigenvalue weighted by atomic mass is 15.1. The number of hydrogen-bond donors (Lipinski definition) is 0. The molecule has 0 fully saturated rings. The third-order valence-corrected chi connectivity index (χ3v) is 1.92. The van der Waals surface area contributed by atoms with Crippen LogP contribution in [0.5, 0.6) is 0 Å². The molecular weight excluding hydrogens is 110 g/mol. The molecule has 1 unspecified atom stereocenters. The predicted octanol–water partition coefficient (Wildman–Crippen LogP) is 2.13. The van der Waals surface area contributed by atoms with Gasteiger partial charge in [0.05, 0.1) is 0 Å². The van der Waals surface area contributed by atoms with E-state index in [0.717, 1.165) is 6.04 Å². The van der Waals surface area contributed by atoms with Gasteiger partial charge in [0.25, 0.3) is 0 Å². The third-order valence-electron chi connectivity index (χ3n) is 1.92. The molecule has 0 aromatic rings. The minimum absolute atomic E-state index is 0.755. The second-order valence-corrected chi connectivity index (χ2v) is 2.74. The minimum Gasteiger partial charge on any atom is -0.304 e. The van der Waals surface area contributed by atoms with Crippen molar-refractivity contribution in [3.8, 4) is 0 Å². The fraction of sp³-hybridized carbons (Fsp3) is 1.00. The standard InChI is InChI=1S/C8H19N/c1-5-7-9(4)8(3)6-2/h8H,5-7H2,1-4H3. The molecule has 0 amide bonds. The van der Waals surface area contributed by atoms with Crippen molar-refractivity contribution in [1.29, 1.82) is 0 Å². The Morgan fingerprint density at radius 2 is 1.89 bits per heavy atom. The van der Waals surface area contributed by atoms with Crippen LogP contribution in [0.15, 0.2) is 0 Å². The molecule has 0 aliphatic carbocycles. The van der Waals surface area contributed by atoms with Gasteiger partial charge < -0.3 is 4.90 Å². The topological polar surface area (TPSA) is 3.24 Å². The summed E-state index contributed by atoms with van der Waals surface area (Å²) in [6.45, 7) is 7.96. The van der Waals surface area contributed by atoms with Gasteiger partial charge in [-0.3, -0.25) is 0 Å². The molecule has 0 aliphatic rings. The zero-order valence-corrected chi connectivity index (χ0v) is 7.15. The molecule has 1 atom stereocenters.